The molecule has 23 heavy (non-hydrogen) atoms. The van der Waals surface area contributed by atoms with Crippen molar-refractivity contribution < 1.29 is 9.53 Å². The number of hydrogen-bond acceptors (Lipinski definition) is 3. The van der Waals surface area contributed by atoms with Crippen molar-refractivity contribution in [2.75, 3.05) is 26.7 Å². The summed E-state index contributed by atoms with van der Waals surface area (Å²) in [5, 5.41) is 3.09. The summed E-state index contributed by atoms with van der Waals surface area (Å²) in [6, 6.07) is 8.25. The van der Waals surface area contributed by atoms with Gasteiger partial charge in [-0.15, -0.1) is 0 Å². The Morgan fingerprint density at radius 3 is 2.74 bits per heavy atom. The number of benzene rings is 1. The van der Waals surface area contributed by atoms with Gasteiger partial charge in [-0.25, -0.2) is 0 Å². The highest BCUT2D eigenvalue weighted by atomic mass is 16.5. The smallest absolute Gasteiger partial charge is 0.224 e. The van der Waals surface area contributed by atoms with Gasteiger partial charge in [-0.2, -0.15) is 0 Å². The van der Waals surface area contributed by atoms with Gasteiger partial charge in [-0.1, -0.05) is 12.1 Å². The fourth-order valence-corrected chi connectivity index (χ4v) is 3.04. The highest BCUT2D eigenvalue weighted by molar-refractivity contribution is 5.78. The minimum atomic E-state index is 0.168. The van der Waals surface area contributed by atoms with E-state index < -0.39 is 0 Å². The van der Waals surface area contributed by atoms with Gasteiger partial charge in [0.2, 0.25) is 5.91 Å². The van der Waals surface area contributed by atoms with Crippen molar-refractivity contribution in [1.29, 1.82) is 0 Å². The fourth-order valence-electron chi connectivity index (χ4n) is 3.04. The van der Waals surface area contributed by atoms with Crippen molar-refractivity contribution in [3.63, 3.8) is 0 Å². The van der Waals surface area contributed by atoms with Gasteiger partial charge in [0.25, 0.3) is 0 Å². The molecule has 2 rings (SSSR count). The highest BCUT2D eigenvalue weighted by Crippen LogP contribution is 2.16. The fraction of sp³-hybridized carbons (Fsp3) is 0.632. The molecule has 1 heterocycles. The Labute approximate surface area is 140 Å². The van der Waals surface area contributed by atoms with Crippen LogP contribution in [0.4, 0.5) is 0 Å². The quantitative estimate of drug-likeness (QED) is 0.786. The highest BCUT2D eigenvalue weighted by Gasteiger charge is 2.23. The van der Waals surface area contributed by atoms with Crippen molar-refractivity contribution in [2.24, 2.45) is 5.92 Å². The van der Waals surface area contributed by atoms with E-state index in [-0.39, 0.29) is 17.9 Å². The van der Waals surface area contributed by atoms with Crippen LogP contribution < -0.4 is 10.1 Å². The number of ether oxygens (including phenoxy) is 1. The zero-order valence-electron chi connectivity index (χ0n) is 14.7. The van der Waals surface area contributed by atoms with Gasteiger partial charge >= 0.3 is 0 Å². The van der Waals surface area contributed by atoms with E-state index in [9.17, 15) is 4.79 Å². The molecule has 0 saturated carbocycles. The van der Waals surface area contributed by atoms with Gasteiger partial charge in [0.1, 0.15) is 5.75 Å². The van der Waals surface area contributed by atoms with Gasteiger partial charge in [0, 0.05) is 13.1 Å². The molecule has 1 N–H and O–H groups in total. The van der Waals surface area contributed by atoms with E-state index >= 15 is 0 Å². The van der Waals surface area contributed by atoms with Crippen molar-refractivity contribution in [2.45, 2.75) is 45.6 Å². The van der Waals surface area contributed by atoms with Gasteiger partial charge in [0.15, 0.2) is 0 Å². The molecule has 0 spiro atoms. The normalized spacial score (nSPS) is 18.9. The summed E-state index contributed by atoms with van der Waals surface area (Å²) < 4.78 is 5.64. The van der Waals surface area contributed by atoms with Gasteiger partial charge < -0.3 is 15.0 Å². The number of aryl methyl sites for hydroxylation is 1. The average molecular weight is 318 g/mol. The van der Waals surface area contributed by atoms with Crippen molar-refractivity contribution in [3.8, 4) is 5.75 Å². The maximum atomic E-state index is 12.1. The number of piperidine rings is 1. The predicted octanol–water partition coefficient (Wildman–Crippen LogP) is 2.86. The molecule has 0 radical (unpaired) electrons. The molecule has 4 heteroatoms. The number of carbonyl (C=O) groups excluding carboxylic acids is 1. The topological polar surface area (TPSA) is 41.6 Å². The molecule has 128 valence electrons. The largest absolute Gasteiger partial charge is 0.491 e. The molecule has 1 fully saturated rings. The van der Waals surface area contributed by atoms with Crippen LogP contribution in [-0.4, -0.2) is 43.6 Å². The summed E-state index contributed by atoms with van der Waals surface area (Å²) in [4.78, 5) is 14.4. The predicted molar refractivity (Wildman–Crippen MR) is 93.8 cm³/mol. The molecule has 0 aromatic heterocycles. The standard InChI is InChI=1S/C19H30N2O2/c1-15(2)23-18-10-8-16(9-11-18)6-4-12-20-19(22)17-7-5-13-21(3)14-17/h8-11,15,17H,4-7,12-14H2,1-3H3,(H,20,22). The van der Waals surface area contributed by atoms with Crippen molar-refractivity contribution >= 4 is 5.91 Å². The number of likely N-dealkylation sites (tertiary alicyclic amines) is 1. The molecule has 1 aliphatic rings. The third kappa shape index (κ3) is 6.22. The molecule has 1 atom stereocenters. The lowest BCUT2D eigenvalue weighted by Crippen LogP contribution is -2.41. The van der Waals surface area contributed by atoms with E-state index in [4.69, 9.17) is 4.74 Å². The molecule has 1 unspecified atom stereocenters. The second-order valence-electron chi connectivity index (χ2n) is 6.81. The molecule has 1 aromatic rings. The summed E-state index contributed by atoms with van der Waals surface area (Å²) in [6.45, 7) is 6.81. The maximum Gasteiger partial charge on any atom is 0.224 e. The Balaban J connectivity index is 1.65. The Bertz CT molecular complexity index is 485. The lowest BCUT2D eigenvalue weighted by atomic mass is 9.97. The first-order valence-electron chi connectivity index (χ1n) is 8.76. The van der Waals surface area contributed by atoms with Crippen LogP contribution >= 0.6 is 0 Å². The third-order valence-electron chi connectivity index (χ3n) is 4.23. The third-order valence-corrected chi connectivity index (χ3v) is 4.23. The summed E-state index contributed by atoms with van der Waals surface area (Å²) in [6.07, 6.45) is 4.30. The van der Waals surface area contributed by atoms with Crippen molar-refractivity contribution in [3.05, 3.63) is 29.8 Å². The molecule has 4 nitrogen and oxygen atoms in total. The first kappa shape index (κ1) is 17.8. The summed E-state index contributed by atoms with van der Waals surface area (Å²) >= 11 is 0. The van der Waals surface area contributed by atoms with E-state index in [2.05, 4.69) is 29.4 Å². The first-order chi connectivity index (χ1) is 11.0. The molecular weight excluding hydrogens is 288 g/mol. The van der Waals surface area contributed by atoms with Crippen LogP contribution in [0.3, 0.4) is 0 Å². The Hall–Kier alpha value is -1.55. The molecule has 1 amide bonds. The van der Waals surface area contributed by atoms with E-state index in [1.807, 2.05) is 26.0 Å². The van der Waals surface area contributed by atoms with Gasteiger partial charge in [0.05, 0.1) is 12.0 Å². The summed E-state index contributed by atoms with van der Waals surface area (Å²) in [7, 11) is 2.09. The van der Waals surface area contributed by atoms with Gasteiger partial charge in [-0.3, -0.25) is 4.79 Å². The lowest BCUT2D eigenvalue weighted by molar-refractivity contribution is -0.126. The Morgan fingerprint density at radius 2 is 2.09 bits per heavy atom. The van der Waals surface area contributed by atoms with Crippen LogP contribution in [0.15, 0.2) is 24.3 Å². The van der Waals surface area contributed by atoms with Crippen LogP contribution in [-0.2, 0) is 11.2 Å². The van der Waals surface area contributed by atoms with E-state index in [0.29, 0.717) is 0 Å². The van der Waals surface area contributed by atoms with Crippen LogP contribution in [0.25, 0.3) is 0 Å². The molecule has 1 saturated heterocycles. The zero-order valence-corrected chi connectivity index (χ0v) is 14.7. The monoisotopic (exact) mass is 318 g/mol. The number of rotatable bonds is 7. The second kappa shape index (κ2) is 8.92. The number of amides is 1. The van der Waals surface area contributed by atoms with Crippen molar-refractivity contribution in [1.82, 2.24) is 10.2 Å². The lowest BCUT2D eigenvalue weighted by Gasteiger charge is -2.28. The van der Waals surface area contributed by atoms with E-state index in [1.54, 1.807) is 0 Å². The number of carbonyl (C=O) groups is 1. The summed E-state index contributed by atoms with van der Waals surface area (Å²) in [5.41, 5.74) is 1.28. The van der Waals surface area contributed by atoms with Crippen LogP contribution in [0.2, 0.25) is 0 Å². The molecule has 0 bridgehead atoms. The second-order valence-corrected chi connectivity index (χ2v) is 6.81. The minimum Gasteiger partial charge on any atom is -0.491 e. The Morgan fingerprint density at radius 1 is 1.35 bits per heavy atom. The Kier molecular flexibility index (Phi) is 6.90. The summed E-state index contributed by atoms with van der Waals surface area (Å²) in [5.74, 6) is 1.30. The number of nitrogens with one attached hydrogen (secondary N) is 1. The first-order valence-corrected chi connectivity index (χ1v) is 8.76. The van der Waals surface area contributed by atoms with Crippen LogP contribution in [0.5, 0.6) is 5.75 Å². The zero-order chi connectivity index (χ0) is 16.7. The number of hydrogen-bond donors (Lipinski definition) is 1. The molecule has 1 aliphatic heterocycles. The molecular formula is C19H30N2O2. The van der Waals surface area contributed by atoms with Crippen LogP contribution in [0.1, 0.15) is 38.7 Å². The SMILES string of the molecule is CC(C)Oc1ccc(CCCNC(=O)C2CCCN(C)C2)cc1. The van der Waals surface area contributed by atoms with Gasteiger partial charge in [-0.05, 0) is 70.8 Å². The maximum absolute atomic E-state index is 12.1. The minimum absolute atomic E-state index is 0.168. The molecule has 1 aromatic carbocycles. The molecule has 0 aliphatic carbocycles. The average Bonchev–Trinajstić information content (AvgIpc) is 2.52. The van der Waals surface area contributed by atoms with E-state index in [0.717, 1.165) is 51.1 Å². The van der Waals surface area contributed by atoms with Crippen LogP contribution in [0, 0.1) is 5.92 Å². The van der Waals surface area contributed by atoms with E-state index in [1.165, 1.54) is 5.56 Å². The number of nitrogens with zero attached hydrogens (tertiary/aromatic N) is 1.